The first kappa shape index (κ1) is 67.5. The summed E-state index contributed by atoms with van der Waals surface area (Å²) in [6.07, 6.45) is 6.81. The van der Waals surface area contributed by atoms with Crippen LogP contribution in [0.15, 0.2) is 120 Å². The number of hydrogen-bond acceptors (Lipinski definition) is 18. The van der Waals surface area contributed by atoms with Crippen molar-refractivity contribution in [2.75, 3.05) is 54.5 Å². The zero-order valence-corrected chi connectivity index (χ0v) is 57.3. The summed E-state index contributed by atoms with van der Waals surface area (Å²) in [5.41, 5.74) is 8.59. The first-order valence-corrected chi connectivity index (χ1v) is 36.1. The standard InChI is InChI=1S/C71H82N12O10S3/c1-43(46-17-19-48(20-18-46)62-44(2)72-42-94-62)74-66(88)58-37-51(85)39-82(58)68(90)63(70(4,5)6)77-64(86)49-28-32-80(33-29-49)50-21-23-52(24-22-50)96(91,92)79-67(89)61-53(55-38-73-83(45(55)3)41-71(93-36-35-84)30-10-7-11-31-71)25-26-60(76-61)81-34-27-47-13-12-14-54(56(47)40-81)65(87)78-69-75-57-15-8-9-16-59(57)95-69/h8-9,12-26,38,42-43,49,51,58,63,84-85H,7,10-11,27-37,39-41H2,1-6H3,(H,74,88)(H,77,86)(H,79,89)(H,75,78,87)/t43-,51+,58-,63+/m0/s1. The molecule has 4 aromatic carbocycles. The second-order valence-electron chi connectivity index (χ2n) is 26.8. The zero-order valence-electron chi connectivity index (χ0n) is 54.8. The number of para-hydroxylation sites is 1. The fourth-order valence-corrected chi connectivity index (χ4v) is 16.4. The van der Waals surface area contributed by atoms with Crippen LogP contribution in [0.4, 0.5) is 16.6 Å². The number of piperidine rings is 1. The number of sulfonamides is 1. The fourth-order valence-electron chi connectivity index (χ4n) is 13.8. The number of rotatable bonds is 20. The van der Waals surface area contributed by atoms with Crippen LogP contribution in [0.2, 0.25) is 0 Å². The highest BCUT2D eigenvalue weighted by molar-refractivity contribution is 7.90. The van der Waals surface area contributed by atoms with Crippen molar-refractivity contribution in [3.63, 3.8) is 0 Å². The highest BCUT2D eigenvalue weighted by Gasteiger charge is 2.46. The number of ether oxygens (including phenoxy) is 1. The third-order valence-electron chi connectivity index (χ3n) is 19.2. The number of aliphatic hydroxyl groups is 2. The Balaban J connectivity index is 0.717. The lowest BCUT2D eigenvalue weighted by atomic mass is 9.84. The second kappa shape index (κ2) is 28.3. The highest BCUT2D eigenvalue weighted by Crippen LogP contribution is 2.38. The van der Waals surface area contributed by atoms with Crippen LogP contribution in [0, 0.1) is 25.2 Å². The molecule has 0 bridgehead atoms. The number of aryl methyl sites for hydroxylation is 1. The van der Waals surface area contributed by atoms with E-state index < -0.39 is 68.9 Å². The monoisotopic (exact) mass is 1360 g/mol. The Kier molecular flexibility index (Phi) is 19.9. The Labute approximate surface area is 567 Å². The van der Waals surface area contributed by atoms with E-state index in [1.807, 2.05) is 122 Å². The summed E-state index contributed by atoms with van der Waals surface area (Å²) >= 11 is 2.95. The van der Waals surface area contributed by atoms with E-state index >= 15 is 0 Å². The van der Waals surface area contributed by atoms with Gasteiger partial charge in [0.25, 0.3) is 21.8 Å². The number of nitrogens with zero attached hydrogens (tertiary/aromatic N) is 8. The average Bonchev–Trinajstić information content (AvgIpc) is 1.36. The van der Waals surface area contributed by atoms with E-state index in [4.69, 9.17) is 14.8 Å². The van der Waals surface area contributed by atoms with Crippen molar-refractivity contribution in [1.82, 2.24) is 45.0 Å². The van der Waals surface area contributed by atoms with Gasteiger partial charge in [0.2, 0.25) is 17.7 Å². The SMILES string of the molecule is Cc1ncsc1-c1ccc([C@H](C)NC(=O)[C@@H]2C[C@@H](O)CN2C(=O)[C@@H](NC(=O)C2CCN(c3ccc(S(=O)(=O)NC(=O)c4nc(N5CCc6cccc(C(=O)Nc7nc8ccccc8s7)c6C5)ccc4-c4cnn(CC5(OCCO)CCCCC5)c4C)cc3)CC2)C(C)(C)C)cc1. The molecule has 4 aromatic heterocycles. The van der Waals surface area contributed by atoms with E-state index in [9.17, 15) is 42.6 Å². The number of amides is 5. The number of nitrogens with one attached hydrogen (secondary N) is 4. The van der Waals surface area contributed by atoms with Gasteiger partial charge in [0.15, 0.2) is 5.13 Å². The van der Waals surface area contributed by atoms with E-state index in [0.29, 0.717) is 84.5 Å². The normalized spacial score (nSPS) is 18.2. The van der Waals surface area contributed by atoms with E-state index in [0.717, 1.165) is 75.1 Å². The Bertz CT molecular complexity index is 4270. The van der Waals surface area contributed by atoms with Gasteiger partial charge in [-0.15, -0.1) is 11.3 Å². The molecule has 0 unspecified atom stereocenters. The van der Waals surface area contributed by atoms with E-state index in [-0.39, 0.29) is 55.1 Å². The van der Waals surface area contributed by atoms with Gasteiger partial charge in [-0.2, -0.15) is 5.10 Å². The highest BCUT2D eigenvalue weighted by atomic mass is 32.2. The maximum Gasteiger partial charge on any atom is 0.284 e. The third-order valence-corrected chi connectivity index (χ3v) is 22.5. The Morgan fingerprint density at radius 2 is 1.57 bits per heavy atom. The number of anilines is 3. The fraction of sp³-hybridized carbons (Fsp3) is 0.423. The Morgan fingerprint density at radius 3 is 2.28 bits per heavy atom. The van der Waals surface area contributed by atoms with Crippen molar-refractivity contribution in [2.45, 2.75) is 147 Å². The molecule has 3 fully saturated rings. The Hall–Kier alpha value is -8.46. The van der Waals surface area contributed by atoms with Crippen molar-refractivity contribution < 1.29 is 47.3 Å². The summed E-state index contributed by atoms with van der Waals surface area (Å²) in [6, 6.07) is 28.6. The molecule has 0 radical (unpaired) electrons. The van der Waals surface area contributed by atoms with Gasteiger partial charge in [0.05, 0.1) is 74.9 Å². The van der Waals surface area contributed by atoms with E-state index in [2.05, 4.69) is 30.6 Å². The maximum absolute atomic E-state index is 14.9. The predicted molar refractivity (Wildman–Crippen MR) is 370 cm³/mol. The zero-order chi connectivity index (χ0) is 67.6. The van der Waals surface area contributed by atoms with E-state index in [1.165, 1.54) is 28.4 Å². The van der Waals surface area contributed by atoms with Gasteiger partial charge in [-0.1, -0.05) is 99.9 Å². The molecule has 3 aliphatic heterocycles. The molecule has 0 spiro atoms. The molecule has 4 atom stereocenters. The smallest absolute Gasteiger partial charge is 0.284 e. The second-order valence-corrected chi connectivity index (χ2v) is 30.3. The minimum absolute atomic E-state index is 0.0553. The van der Waals surface area contributed by atoms with Gasteiger partial charge in [-0.3, -0.25) is 34.0 Å². The quantitative estimate of drug-likeness (QED) is 0.0414. The van der Waals surface area contributed by atoms with Crippen molar-refractivity contribution in [3.05, 3.63) is 154 Å². The molecule has 504 valence electrons. The predicted octanol–water partition coefficient (Wildman–Crippen LogP) is 9.53. The minimum atomic E-state index is -4.52. The molecular formula is C71H82N12O10S3. The van der Waals surface area contributed by atoms with Gasteiger partial charge in [0.1, 0.15) is 23.6 Å². The molecule has 2 saturated heterocycles. The molecule has 6 N–H and O–H groups in total. The summed E-state index contributed by atoms with van der Waals surface area (Å²) in [6.45, 7) is 13.4. The maximum atomic E-state index is 14.9. The minimum Gasteiger partial charge on any atom is -0.394 e. The van der Waals surface area contributed by atoms with Crippen LogP contribution in [0.1, 0.15) is 134 Å². The summed E-state index contributed by atoms with van der Waals surface area (Å²) in [5.74, 6) is -2.47. The van der Waals surface area contributed by atoms with E-state index in [1.54, 1.807) is 47.9 Å². The van der Waals surface area contributed by atoms with Crippen LogP contribution >= 0.6 is 22.7 Å². The summed E-state index contributed by atoms with van der Waals surface area (Å²) < 4.78 is 40.3. The summed E-state index contributed by atoms with van der Waals surface area (Å²) in [4.78, 5) is 91.8. The molecule has 22 nitrogen and oxygen atoms in total. The number of fused-ring (bicyclic) bond motifs is 2. The van der Waals surface area contributed by atoms with Crippen LogP contribution in [-0.2, 0) is 48.7 Å². The number of benzene rings is 4. The lowest BCUT2D eigenvalue weighted by Crippen LogP contribution is -2.59. The van der Waals surface area contributed by atoms with Crippen LogP contribution in [0.3, 0.4) is 0 Å². The average molecular weight is 1360 g/mol. The number of thiazole rings is 2. The van der Waals surface area contributed by atoms with Crippen LogP contribution in [0.5, 0.6) is 0 Å². The number of hydrogen-bond donors (Lipinski definition) is 6. The molecule has 1 saturated carbocycles. The summed E-state index contributed by atoms with van der Waals surface area (Å²) in [7, 11) is -4.52. The van der Waals surface area contributed by atoms with Crippen molar-refractivity contribution >= 4 is 89.1 Å². The van der Waals surface area contributed by atoms with Gasteiger partial charge in [-0.05, 0) is 135 Å². The van der Waals surface area contributed by atoms with Gasteiger partial charge < -0.3 is 40.3 Å². The lowest BCUT2D eigenvalue weighted by molar-refractivity contribution is -0.144. The number of pyridine rings is 1. The molecular weight excluding hydrogens is 1280 g/mol. The van der Waals surface area contributed by atoms with Crippen molar-refractivity contribution in [1.29, 1.82) is 0 Å². The topological polar surface area (TPSA) is 284 Å². The number of aromatic nitrogens is 5. The summed E-state index contributed by atoms with van der Waals surface area (Å²) in [5, 5.41) is 35.0. The number of carbonyl (C=O) groups is 5. The molecule has 25 heteroatoms. The van der Waals surface area contributed by atoms with Crippen molar-refractivity contribution in [3.8, 4) is 21.6 Å². The van der Waals surface area contributed by atoms with Gasteiger partial charge in [0, 0.05) is 73.1 Å². The molecule has 5 amide bonds. The Morgan fingerprint density at radius 1 is 0.823 bits per heavy atom. The largest absolute Gasteiger partial charge is 0.394 e. The number of carbonyl (C=O) groups excluding carboxylic acids is 5. The third kappa shape index (κ3) is 14.6. The molecule has 12 rings (SSSR count). The van der Waals surface area contributed by atoms with Crippen LogP contribution < -0.4 is 30.5 Å². The first-order valence-electron chi connectivity index (χ1n) is 32.9. The number of likely N-dealkylation sites (tertiary alicyclic amines) is 1. The molecule has 1 aliphatic carbocycles. The molecule has 96 heavy (non-hydrogen) atoms. The van der Waals surface area contributed by atoms with Crippen LogP contribution in [0.25, 0.3) is 31.8 Å². The van der Waals surface area contributed by atoms with Crippen LogP contribution in [-0.4, -0.2) is 141 Å². The molecule has 4 aliphatic rings. The lowest BCUT2D eigenvalue weighted by Gasteiger charge is -2.38. The molecule has 7 heterocycles. The molecule has 8 aromatic rings. The van der Waals surface area contributed by atoms with Crippen molar-refractivity contribution in [2.24, 2.45) is 11.3 Å². The van der Waals surface area contributed by atoms with Gasteiger partial charge in [-0.25, -0.2) is 28.1 Å². The first-order chi connectivity index (χ1) is 46.0. The number of β-amino-alcohol motifs (C(OH)–C–C–N with tert-alkyl or cyclic N) is 1. The van der Waals surface area contributed by atoms with Gasteiger partial charge >= 0.3 is 0 Å². The number of aliphatic hydroxyl groups excluding tert-OH is 2.